The van der Waals surface area contributed by atoms with Gasteiger partial charge in [-0.1, -0.05) is 55.4 Å². The molecule has 4 rings (SSSR count). The zero-order chi connectivity index (χ0) is 22.1. The molecule has 1 amide bonds. The van der Waals surface area contributed by atoms with Crippen LogP contribution in [0, 0.1) is 18.8 Å². The number of aromatic nitrogens is 2. The minimum atomic E-state index is -0.331. The lowest BCUT2D eigenvalue weighted by atomic mass is 9.92. The molecule has 1 fully saturated rings. The number of benzene rings is 2. The molecule has 1 aliphatic heterocycles. The number of thioether (sulfide) groups is 1. The normalized spacial score (nSPS) is 20.1. The number of carbonyl (C=O) groups excluding carboxylic acids is 1. The first-order valence-corrected chi connectivity index (χ1v) is 11.8. The number of hydrogen-bond acceptors (Lipinski definition) is 4. The fourth-order valence-electron chi connectivity index (χ4n) is 4.42. The SMILES string of the molecule is Cc1ccc(-n2c(SC(C)C(=O)N3CC(C)CC(C)C3)nc3ccccc3c2=O)cc1. The number of hydrogen-bond donors (Lipinski definition) is 0. The van der Waals surface area contributed by atoms with Gasteiger partial charge in [0.25, 0.3) is 5.56 Å². The van der Waals surface area contributed by atoms with Crippen molar-refractivity contribution in [3.05, 3.63) is 64.4 Å². The van der Waals surface area contributed by atoms with Gasteiger partial charge in [-0.15, -0.1) is 0 Å². The Morgan fingerprint density at radius 2 is 1.71 bits per heavy atom. The van der Waals surface area contributed by atoms with Gasteiger partial charge in [-0.25, -0.2) is 4.98 Å². The first kappa shape index (κ1) is 21.6. The molecule has 6 heteroatoms. The van der Waals surface area contributed by atoms with E-state index in [-0.39, 0.29) is 16.7 Å². The zero-order valence-electron chi connectivity index (χ0n) is 18.5. The van der Waals surface area contributed by atoms with Crippen LogP contribution in [0.3, 0.4) is 0 Å². The van der Waals surface area contributed by atoms with E-state index in [1.807, 2.05) is 61.2 Å². The van der Waals surface area contributed by atoms with Crippen molar-refractivity contribution in [1.29, 1.82) is 0 Å². The molecule has 0 aliphatic carbocycles. The summed E-state index contributed by atoms with van der Waals surface area (Å²) in [4.78, 5) is 33.4. The molecule has 2 aromatic carbocycles. The average molecular weight is 436 g/mol. The van der Waals surface area contributed by atoms with Crippen LogP contribution in [-0.4, -0.2) is 38.7 Å². The number of likely N-dealkylation sites (tertiary alicyclic amines) is 1. The number of para-hydroxylation sites is 1. The number of fused-ring (bicyclic) bond motifs is 1. The molecular weight excluding hydrogens is 406 g/mol. The van der Waals surface area contributed by atoms with Crippen molar-refractivity contribution in [3.63, 3.8) is 0 Å². The molecule has 0 N–H and O–H groups in total. The third-order valence-corrected chi connectivity index (χ3v) is 6.89. The lowest BCUT2D eigenvalue weighted by Crippen LogP contribution is -2.45. The van der Waals surface area contributed by atoms with Crippen LogP contribution in [0.2, 0.25) is 0 Å². The van der Waals surface area contributed by atoms with Crippen LogP contribution in [0.4, 0.5) is 0 Å². The van der Waals surface area contributed by atoms with Gasteiger partial charge in [-0.2, -0.15) is 0 Å². The summed E-state index contributed by atoms with van der Waals surface area (Å²) < 4.78 is 1.64. The van der Waals surface area contributed by atoms with Gasteiger partial charge >= 0.3 is 0 Å². The Bertz CT molecular complexity index is 1150. The van der Waals surface area contributed by atoms with Gasteiger partial charge in [-0.3, -0.25) is 14.2 Å². The third kappa shape index (κ3) is 4.54. The van der Waals surface area contributed by atoms with Crippen LogP contribution in [0.1, 0.15) is 32.8 Å². The van der Waals surface area contributed by atoms with Gasteiger partial charge in [0.15, 0.2) is 5.16 Å². The van der Waals surface area contributed by atoms with E-state index in [0.717, 1.165) is 30.8 Å². The molecule has 1 aliphatic rings. The van der Waals surface area contributed by atoms with E-state index in [1.165, 1.54) is 11.8 Å². The molecule has 3 unspecified atom stereocenters. The lowest BCUT2D eigenvalue weighted by molar-refractivity contribution is -0.132. The molecule has 162 valence electrons. The first-order valence-electron chi connectivity index (χ1n) is 10.9. The summed E-state index contributed by atoms with van der Waals surface area (Å²) in [5.41, 5.74) is 2.42. The summed E-state index contributed by atoms with van der Waals surface area (Å²) in [7, 11) is 0. The fourth-order valence-corrected chi connectivity index (χ4v) is 5.43. The Morgan fingerprint density at radius 3 is 2.39 bits per heavy atom. The number of nitrogens with zero attached hydrogens (tertiary/aromatic N) is 3. The predicted molar refractivity (Wildman–Crippen MR) is 127 cm³/mol. The lowest BCUT2D eigenvalue weighted by Gasteiger charge is -2.36. The van der Waals surface area contributed by atoms with E-state index in [1.54, 1.807) is 10.6 Å². The maximum Gasteiger partial charge on any atom is 0.266 e. The first-order chi connectivity index (χ1) is 14.8. The molecule has 3 atom stereocenters. The van der Waals surface area contributed by atoms with E-state index in [9.17, 15) is 9.59 Å². The van der Waals surface area contributed by atoms with Gasteiger partial charge < -0.3 is 4.90 Å². The van der Waals surface area contributed by atoms with Gasteiger partial charge in [0, 0.05) is 13.1 Å². The predicted octanol–water partition coefficient (Wildman–Crippen LogP) is 4.68. The summed E-state index contributed by atoms with van der Waals surface area (Å²) >= 11 is 1.36. The minimum Gasteiger partial charge on any atom is -0.341 e. The monoisotopic (exact) mass is 435 g/mol. The Balaban J connectivity index is 1.72. The van der Waals surface area contributed by atoms with Crippen LogP contribution >= 0.6 is 11.8 Å². The van der Waals surface area contributed by atoms with Crippen LogP contribution in [0.15, 0.2) is 58.5 Å². The molecule has 0 spiro atoms. The smallest absolute Gasteiger partial charge is 0.266 e. The second-order valence-electron chi connectivity index (χ2n) is 8.84. The van der Waals surface area contributed by atoms with Crippen molar-refractivity contribution in [2.24, 2.45) is 11.8 Å². The Kier molecular flexibility index (Phi) is 6.19. The number of amides is 1. The second-order valence-corrected chi connectivity index (χ2v) is 10.1. The van der Waals surface area contributed by atoms with Crippen molar-refractivity contribution < 1.29 is 4.79 Å². The van der Waals surface area contributed by atoms with Crippen LogP contribution in [-0.2, 0) is 4.79 Å². The van der Waals surface area contributed by atoms with Crippen molar-refractivity contribution in [3.8, 4) is 5.69 Å². The zero-order valence-corrected chi connectivity index (χ0v) is 19.4. The van der Waals surface area contributed by atoms with Gasteiger partial charge in [0.2, 0.25) is 5.91 Å². The van der Waals surface area contributed by atoms with Crippen molar-refractivity contribution in [2.75, 3.05) is 13.1 Å². The van der Waals surface area contributed by atoms with Crippen LogP contribution in [0.5, 0.6) is 0 Å². The molecule has 1 aromatic heterocycles. The number of carbonyl (C=O) groups is 1. The van der Waals surface area contributed by atoms with Gasteiger partial charge in [-0.05, 0) is 56.4 Å². The largest absolute Gasteiger partial charge is 0.341 e. The molecule has 5 nitrogen and oxygen atoms in total. The van der Waals surface area contributed by atoms with Crippen molar-refractivity contribution in [1.82, 2.24) is 14.5 Å². The highest BCUT2D eigenvalue weighted by molar-refractivity contribution is 8.00. The molecule has 1 saturated heterocycles. The molecule has 3 aromatic rings. The Morgan fingerprint density at radius 1 is 1.06 bits per heavy atom. The van der Waals surface area contributed by atoms with E-state index < -0.39 is 0 Å². The van der Waals surface area contributed by atoms with Gasteiger partial charge in [0.05, 0.1) is 21.8 Å². The van der Waals surface area contributed by atoms with Crippen molar-refractivity contribution >= 4 is 28.6 Å². The second kappa shape index (κ2) is 8.87. The number of piperidine rings is 1. The highest BCUT2D eigenvalue weighted by atomic mass is 32.2. The highest BCUT2D eigenvalue weighted by Gasteiger charge is 2.29. The molecule has 2 heterocycles. The van der Waals surface area contributed by atoms with Gasteiger partial charge in [0.1, 0.15) is 0 Å². The standard InChI is InChI=1S/C25H29N3O2S/c1-16-9-11-20(12-10-16)28-24(30)21-7-5-6-8-22(21)26-25(28)31-19(4)23(29)27-14-17(2)13-18(3)15-27/h5-12,17-19H,13-15H2,1-4H3. The number of rotatable bonds is 4. The quantitative estimate of drug-likeness (QED) is 0.441. The summed E-state index contributed by atoms with van der Waals surface area (Å²) in [6, 6.07) is 15.2. The van der Waals surface area contributed by atoms with Crippen molar-refractivity contribution in [2.45, 2.75) is 44.5 Å². The van der Waals surface area contributed by atoms with E-state index in [2.05, 4.69) is 13.8 Å². The molecule has 0 saturated carbocycles. The number of aryl methyl sites for hydroxylation is 1. The maximum atomic E-state index is 13.4. The summed E-state index contributed by atoms with van der Waals surface area (Å²) in [5, 5.41) is 0.791. The van der Waals surface area contributed by atoms with Crippen LogP contribution in [0.25, 0.3) is 16.6 Å². The summed E-state index contributed by atoms with van der Waals surface area (Å²) in [6.45, 7) is 9.93. The minimum absolute atomic E-state index is 0.112. The summed E-state index contributed by atoms with van der Waals surface area (Å²) in [6.07, 6.45) is 1.16. The van der Waals surface area contributed by atoms with E-state index in [4.69, 9.17) is 4.98 Å². The fraction of sp³-hybridized carbons (Fsp3) is 0.400. The van der Waals surface area contributed by atoms with E-state index in [0.29, 0.717) is 27.9 Å². The Hall–Kier alpha value is -2.60. The molecule has 31 heavy (non-hydrogen) atoms. The van der Waals surface area contributed by atoms with E-state index >= 15 is 0 Å². The average Bonchev–Trinajstić information content (AvgIpc) is 2.74. The molecule has 0 radical (unpaired) electrons. The molecular formula is C25H29N3O2S. The highest BCUT2D eigenvalue weighted by Crippen LogP contribution is 2.28. The molecule has 0 bridgehead atoms. The third-order valence-electron chi connectivity index (χ3n) is 5.85. The van der Waals surface area contributed by atoms with Crippen LogP contribution < -0.4 is 5.56 Å². The summed E-state index contributed by atoms with van der Waals surface area (Å²) in [5.74, 6) is 1.13. The topological polar surface area (TPSA) is 55.2 Å². The maximum absolute atomic E-state index is 13.4. The Labute approximate surface area is 187 Å².